The van der Waals surface area contributed by atoms with Crippen LogP contribution >= 0.6 is 0 Å². The Kier molecular flexibility index (Phi) is 7.14. The number of hydrogen-bond acceptors (Lipinski definition) is 4. The molecule has 134 valence electrons. The largest absolute Gasteiger partial charge is 0.497 e. The van der Waals surface area contributed by atoms with Gasteiger partial charge in [0.05, 0.1) is 14.2 Å². The van der Waals surface area contributed by atoms with E-state index in [-0.39, 0.29) is 5.91 Å². The molecule has 0 fully saturated rings. The molecule has 0 heterocycles. The molecule has 25 heavy (non-hydrogen) atoms. The van der Waals surface area contributed by atoms with Crippen LogP contribution in [0.15, 0.2) is 48.5 Å². The summed E-state index contributed by atoms with van der Waals surface area (Å²) < 4.78 is 16.1. The van der Waals surface area contributed by atoms with Gasteiger partial charge in [0.25, 0.3) is 5.91 Å². The number of rotatable bonds is 9. The Morgan fingerprint density at radius 3 is 2.56 bits per heavy atom. The minimum atomic E-state index is -0.571. The summed E-state index contributed by atoms with van der Waals surface area (Å²) in [7, 11) is 3.26. The van der Waals surface area contributed by atoms with Crippen molar-refractivity contribution >= 4 is 5.91 Å². The summed E-state index contributed by atoms with van der Waals surface area (Å²) in [5.74, 6) is 2.05. The quantitative estimate of drug-likeness (QED) is 0.710. The topological polar surface area (TPSA) is 56.8 Å². The van der Waals surface area contributed by atoms with Gasteiger partial charge in [0, 0.05) is 12.6 Å². The number of aryl methyl sites for hydroxylation is 1. The molecule has 0 aliphatic rings. The second-order valence-electron chi connectivity index (χ2n) is 5.65. The zero-order chi connectivity index (χ0) is 18.1. The van der Waals surface area contributed by atoms with Crippen LogP contribution in [0.4, 0.5) is 0 Å². The number of para-hydroxylation sites is 1. The van der Waals surface area contributed by atoms with E-state index in [1.165, 1.54) is 0 Å². The monoisotopic (exact) mass is 343 g/mol. The number of hydrogen-bond donors (Lipinski definition) is 1. The van der Waals surface area contributed by atoms with E-state index in [9.17, 15) is 4.79 Å². The minimum absolute atomic E-state index is 0.136. The average molecular weight is 343 g/mol. The van der Waals surface area contributed by atoms with Gasteiger partial charge in [-0.05, 0) is 43.5 Å². The SMILES string of the molecule is COc1cccc(O[C@@H](C)C(=O)NCCCc2ccccc2OC)c1. The van der Waals surface area contributed by atoms with Crippen molar-refractivity contribution in [3.63, 3.8) is 0 Å². The molecule has 1 amide bonds. The van der Waals surface area contributed by atoms with Crippen molar-refractivity contribution in [3.05, 3.63) is 54.1 Å². The summed E-state index contributed by atoms with van der Waals surface area (Å²) in [5.41, 5.74) is 1.14. The molecular formula is C20H25NO4. The van der Waals surface area contributed by atoms with Crippen LogP contribution in [-0.4, -0.2) is 32.8 Å². The van der Waals surface area contributed by atoms with Gasteiger partial charge in [-0.2, -0.15) is 0 Å². The second-order valence-corrected chi connectivity index (χ2v) is 5.65. The molecule has 0 unspecified atom stereocenters. The molecule has 2 aromatic rings. The smallest absolute Gasteiger partial charge is 0.260 e. The van der Waals surface area contributed by atoms with Crippen LogP contribution in [0.2, 0.25) is 0 Å². The molecule has 0 aliphatic carbocycles. The van der Waals surface area contributed by atoms with Crippen LogP contribution in [-0.2, 0) is 11.2 Å². The molecule has 0 bridgehead atoms. The highest BCUT2D eigenvalue weighted by Crippen LogP contribution is 2.20. The molecule has 0 aliphatic heterocycles. The Morgan fingerprint density at radius 2 is 1.80 bits per heavy atom. The molecule has 0 radical (unpaired) electrons. The van der Waals surface area contributed by atoms with Crippen molar-refractivity contribution in [1.82, 2.24) is 5.32 Å². The van der Waals surface area contributed by atoms with Crippen molar-refractivity contribution in [3.8, 4) is 17.2 Å². The van der Waals surface area contributed by atoms with Gasteiger partial charge in [-0.3, -0.25) is 4.79 Å². The number of benzene rings is 2. The van der Waals surface area contributed by atoms with E-state index in [2.05, 4.69) is 5.32 Å². The third-order valence-electron chi connectivity index (χ3n) is 3.84. The van der Waals surface area contributed by atoms with E-state index in [1.54, 1.807) is 33.3 Å². The fourth-order valence-corrected chi connectivity index (χ4v) is 2.48. The van der Waals surface area contributed by atoms with Crippen LogP contribution in [0.5, 0.6) is 17.2 Å². The third kappa shape index (κ3) is 5.71. The van der Waals surface area contributed by atoms with Crippen LogP contribution in [0.3, 0.4) is 0 Å². The number of carbonyl (C=O) groups is 1. The van der Waals surface area contributed by atoms with Gasteiger partial charge in [0.2, 0.25) is 0 Å². The predicted molar refractivity (Wildman–Crippen MR) is 97.4 cm³/mol. The Balaban J connectivity index is 1.75. The van der Waals surface area contributed by atoms with Crippen molar-refractivity contribution in [2.45, 2.75) is 25.9 Å². The minimum Gasteiger partial charge on any atom is -0.497 e. The molecule has 1 N–H and O–H groups in total. The molecule has 2 aromatic carbocycles. The van der Waals surface area contributed by atoms with Gasteiger partial charge >= 0.3 is 0 Å². The highest BCUT2D eigenvalue weighted by atomic mass is 16.5. The molecule has 0 spiro atoms. The summed E-state index contributed by atoms with van der Waals surface area (Å²) in [5, 5.41) is 2.90. The first-order valence-electron chi connectivity index (χ1n) is 8.34. The summed E-state index contributed by atoms with van der Waals surface area (Å²) in [6.45, 7) is 2.32. The fourth-order valence-electron chi connectivity index (χ4n) is 2.48. The van der Waals surface area contributed by atoms with Crippen LogP contribution in [0.1, 0.15) is 18.9 Å². The summed E-state index contributed by atoms with van der Waals surface area (Å²) in [6, 6.07) is 15.1. The molecule has 5 heteroatoms. The lowest BCUT2D eigenvalue weighted by Gasteiger charge is -2.15. The van der Waals surface area contributed by atoms with Crippen LogP contribution in [0, 0.1) is 0 Å². The Bertz CT molecular complexity index is 687. The molecular weight excluding hydrogens is 318 g/mol. The van der Waals surface area contributed by atoms with Crippen molar-refractivity contribution in [2.75, 3.05) is 20.8 Å². The van der Waals surface area contributed by atoms with Gasteiger partial charge in [-0.15, -0.1) is 0 Å². The van der Waals surface area contributed by atoms with Crippen LogP contribution in [0.25, 0.3) is 0 Å². The van der Waals surface area contributed by atoms with Gasteiger partial charge in [-0.1, -0.05) is 24.3 Å². The first kappa shape index (κ1) is 18.6. The zero-order valence-corrected chi connectivity index (χ0v) is 15.0. The first-order valence-corrected chi connectivity index (χ1v) is 8.34. The maximum Gasteiger partial charge on any atom is 0.260 e. The van der Waals surface area contributed by atoms with Crippen molar-refractivity contribution in [1.29, 1.82) is 0 Å². The number of carbonyl (C=O) groups excluding carboxylic acids is 1. The maximum absolute atomic E-state index is 12.1. The predicted octanol–water partition coefficient (Wildman–Crippen LogP) is 3.22. The Labute approximate surface area is 148 Å². The molecule has 2 rings (SSSR count). The van der Waals surface area contributed by atoms with E-state index < -0.39 is 6.10 Å². The summed E-state index contributed by atoms with van der Waals surface area (Å²) >= 11 is 0. The lowest BCUT2D eigenvalue weighted by atomic mass is 10.1. The fraction of sp³-hybridized carbons (Fsp3) is 0.350. The van der Waals surface area contributed by atoms with E-state index in [0.29, 0.717) is 18.0 Å². The average Bonchev–Trinajstić information content (AvgIpc) is 2.65. The van der Waals surface area contributed by atoms with E-state index >= 15 is 0 Å². The number of amides is 1. The molecule has 0 saturated carbocycles. The number of nitrogens with one attached hydrogen (secondary N) is 1. The van der Waals surface area contributed by atoms with Crippen molar-refractivity contribution < 1.29 is 19.0 Å². The van der Waals surface area contributed by atoms with Gasteiger partial charge in [0.1, 0.15) is 17.2 Å². The summed E-state index contributed by atoms with van der Waals surface area (Å²) in [6.07, 6.45) is 1.10. The number of ether oxygens (including phenoxy) is 3. The number of methoxy groups -OCH3 is 2. The van der Waals surface area contributed by atoms with Crippen molar-refractivity contribution in [2.24, 2.45) is 0 Å². The standard InChI is InChI=1S/C20H25NO4/c1-15(25-18-11-6-10-17(14-18)23-2)20(22)21-13-7-9-16-8-4-5-12-19(16)24-3/h4-6,8,10-12,14-15H,7,9,13H2,1-3H3,(H,21,22)/t15-/m0/s1. The summed E-state index contributed by atoms with van der Waals surface area (Å²) in [4.78, 5) is 12.1. The normalized spacial score (nSPS) is 11.5. The first-order chi connectivity index (χ1) is 12.1. The van der Waals surface area contributed by atoms with Crippen LogP contribution < -0.4 is 19.5 Å². The lowest BCUT2D eigenvalue weighted by molar-refractivity contribution is -0.127. The highest BCUT2D eigenvalue weighted by Gasteiger charge is 2.14. The van der Waals surface area contributed by atoms with E-state index in [0.717, 1.165) is 24.2 Å². The molecule has 5 nitrogen and oxygen atoms in total. The maximum atomic E-state index is 12.1. The Hall–Kier alpha value is -2.69. The molecule has 0 saturated heterocycles. The highest BCUT2D eigenvalue weighted by molar-refractivity contribution is 5.80. The third-order valence-corrected chi connectivity index (χ3v) is 3.84. The van der Waals surface area contributed by atoms with E-state index in [4.69, 9.17) is 14.2 Å². The molecule has 1 atom stereocenters. The Morgan fingerprint density at radius 1 is 1.04 bits per heavy atom. The van der Waals surface area contributed by atoms with Gasteiger partial charge in [-0.25, -0.2) is 0 Å². The lowest BCUT2D eigenvalue weighted by Crippen LogP contribution is -2.36. The molecule has 0 aromatic heterocycles. The second kappa shape index (κ2) is 9.57. The zero-order valence-electron chi connectivity index (χ0n) is 15.0. The van der Waals surface area contributed by atoms with Gasteiger partial charge in [0.15, 0.2) is 6.10 Å². The van der Waals surface area contributed by atoms with Gasteiger partial charge < -0.3 is 19.5 Å². The van der Waals surface area contributed by atoms with E-state index in [1.807, 2.05) is 36.4 Å².